The first kappa shape index (κ1) is 19.1. The van der Waals surface area contributed by atoms with E-state index in [2.05, 4.69) is 39.0 Å². The summed E-state index contributed by atoms with van der Waals surface area (Å²) in [7, 11) is 4.08. The number of ether oxygens (including phenoxy) is 1. The average Bonchev–Trinajstić information content (AvgIpc) is 3.26. The fraction of sp³-hybridized carbons (Fsp3) is 0.350. The van der Waals surface area contributed by atoms with Crippen molar-refractivity contribution < 1.29 is 4.74 Å². The third-order valence-corrected chi connectivity index (χ3v) is 6.60. The van der Waals surface area contributed by atoms with Crippen molar-refractivity contribution in [3.05, 3.63) is 36.8 Å². The molecule has 0 N–H and O–H groups in total. The highest BCUT2D eigenvalue weighted by Crippen LogP contribution is 2.43. The molecule has 0 aliphatic carbocycles. The van der Waals surface area contributed by atoms with Gasteiger partial charge in [0.15, 0.2) is 16.1 Å². The van der Waals surface area contributed by atoms with Crippen LogP contribution in [-0.4, -0.2) is 50.8 Å². The molecule has 0 saturated carbocycles. The monoisotopic (exact) mass is 413 g/mol. The molecule has 0 atom stereocenters. The first-order valence-electron chi connectivity index (χ1n) is 9.20. The zero-order valence-electron chi connectivity index (χ0n) is 16.4. The number of imidazole rings is 1. The molecule has 0 unspecified atom stereocenters. The lowest BCUT2D eigenvalue weighted by Gasteiger charge is -2.19. The van der Waals surface area contributed by atoms with E-state index in [1.165, 1.54) is 0 Å². The molecule has 3 heterocycles. The van der Waals surface area contributed by atoms with Gasteiger partial charge in [-0.05, 0) is 43.8 Å². The number of aromatic nitrogens is 3. The topological polar surface area (TPSA) is 55.5 Å². The molecule has 0 amide bonds. The van der Waals surface area contributed by atoms with E-state index in [4.69, 9.17) is 4.74 Å². The predicted molar refractivity (Wildman–Crippen MR) is 116 cm³/mol. The molecule has 1 aliphatic heterocycles. The fourth-order valence-corrected chi connectivity index (χ4v) is 5.00. The molecule has 28 heavy (non-hydrogen) atoms. The lowest BCUT2D eigenvalue weighted by atomic mass is 10.2. The number of aryl methyl sites for hydroxylation is 1. The quantitative estimate of drug-likeness (QED) is 0.622. The van der Waals surface area contributed by atoms with Crippen LogP contribution in [0.25, 0.3) is 10.9 Å². The van der Waals surface area contributed by atoms with E-state index in [0.29, 0.717) is 0 Å². The molecule has 146 valence electrons. The highest BCUT2D eigenvalue weighted by molar-refractivity contribution is 8.14. The van der Waals surface area contributed by atoms with E-state index in [0.717, 1.165) is 49.9 Å². The van der Waals surface area contributed by atoms with Gasteiger partial charge in [0.25, 0.3) is 0 Å². The Morgan fingerprint density at radius 2 is 1.96 bits per heavy atom. The molecule has 0 bridgehead atoms. The number of benzene rings is 1. The van der Waals surface area contributed by atoms with Crippen molar-refractivity contribution in [3.63, 3.8) is 0 Å². The number of nitrogens with zero attached hydrogens (tertiary/aromatic N) is 5. The molecule has 0 spiro atoms. The number of hydrogen-bond donors (Lipinski definition) is 0. The molecular formula is C20H23N5OS2. The predicted octanol–water partition coefficient (Wildman–Crippen LogP) is 4.30. The molecule has 2 aromatic heterocycles. The first-order valence-corrected chi connectivity index (χ1v) is 10.8. The molecule has 1 aromatic carbocycles. The van der Waals surface area contributed by atoms with Crippen LogP contribution in [0.5, 0.6) is 5.75 Å². The van der Waals surface area contributed by atoms with Gasteiger partial charge in [0.1, 0.15) is 5.52 Å². The summed E-state index contributed by atoms with van der Waals surface area (Å²) in [4.78, 5) is 18.1. The summed E-state index contributed by atoms with van der Waals surface area (Å²) in [6.45, 7) is 5.88. The normalized spacial score (nSPS) is 14.2. The molecular weight excluding hydrogens is 390 g/mol. The molecule has 0 saturated heterocycles. The summed E-state index contributed by atoms with van der Waals surface area (Å²) < 4.78 is 8.23. The number of fused-ring (bicyclic) bond motifs is 1. The maximum atomic E-state index is 6.22. The van der Waals surface area contributed by atoms with Gasteiger partial charge in [-0.2, -0.15) is 0 Å². The largest absolute Gasteiger partial charge is 0.488 e. The van der Waals surface area contributed by atoms with Gasteiger partial charge in [-0.25, -0.2) is 4.98 Å². The third-order valence-electron chi connectivity index (χ3n) is 4.32. The number of thioether (sulfide) groups is 1. The van der Waals surface area contributed by atoms with E-state index >= 15 is 0 Å². The number of hydrogen-bond acceptors (Lipinski definition) is 7. The highest BCUT2D eigenvalue weighted by Gasteiger charge is 2.21. The van der Waals surface area contributed by atoms with E-state index in [1.807, 2.05) is 50.1 Å². The van der Waals surface area contributed by atoms with Crippen molar-refractivity contribution in [1.82, 2.24) is 19.4 Å². The Balaban J connectivity index is 1.85. The SMILES string of the molecule is CC(C)Oc1c(Sc2nccn2C)cc(SC2=NCCN2C)c2cccnc12. The van der Waals surface area contributed by atoms with Gasteiger partial charge in [-0.15, -0.1) is 0 Å². The van der Waals surface area contributed by atoms with Crippen LogP contribution in [0, 0.1) is 0 Å². The zero-order valence-corrected chi connectivity index (χ0v) is 18.0. The summed E-state index contributed by atoms with van der Waals surface area (Å²) in [6.07, 6.45) is 5.62. The Labute approximate surface area is 173 Å². The number of pyridine rings is 1. The first-order chi connectivity index (χ1) is 13.5. The number of likely N-dealkylation sites (N-methyl/N-ethyl adjacent to an activating group) is 1. The van der Waals surface area contributed by atoms with E-state index < -0.39 is 0 Å². The molecule has 0 radical (unpaired) electrons. The lowest BCUT2D eigenvalue weighted by Crippen LogP contribution is -2.19. The second kappa shape index (κ2) is 8.05. The van der Waals surface area contributed by atoms with E-state index in [9.17, 15) is 0 Å². The third kappa shape index (κ3) is 3.84. The second-order valence-corrected chi connectivity index (χ2v) is 8.90. The fourth-order valence-electron chi connectivity index (χ4n) is 2.94. The minimum Gasteiger partial charge on any atom is -0.488 e. The van der Waals surface area contributed by atoms with E-state index in [-0.39, 0.29) is 6.10 Å². The minimum atomic E-state index is 0.0507. The maximum absolute atomic E-state index is 6.22. The molecule has 6 nitrogen and oxygen atoms in total. The van der Waals surface area contributed by atoms with Crippen molar-refractivity contribution in [3.8, 4) is 5.75 Å². The van der Waals surface area contributed by atoms with Crippen LogP contribution >= 0.6 is 23.5 Å². The Morgan fingerprint density at radius 1 is 1.11 bits per heavy atom. The number of aliphatic imine (C=N–C) groups is 1. The molecule has 3 aromatic rings. The van der Waals surface area contributed by atoms with Crippen LogP contribution in [0.15, 0.2) is 56.7 Å². The van der Waals surface area contributed by atoms with Crippen LogP contribution in [0.4, 0.5) is 0 Å². The highest BCUT2D eigenvalue weighted by atomic mass is 32.2. The maximum Gasteiger partial charge on any atom is 0.172 e. The minimum absolute atomic E-state index is 0.0507. The standard InChI is InChI=1S/C20H23N5OS2/c1-13(2)26-18-16(28-20-23-9-11-25(20)4)12-15(14-6-5-7-21-17(14)18)27-19-22-8-10-24(19)3/h5-7,9,11-13H,8,10H2,1-4H3. The average molecular weight is 414 g/mol. The van der Waals surface area contributed by atoms with Gasteiger partial charge < -0.3 is 14.2 Å². The number of rotatable bonds is 5. The van der Waals surface area contributed by atoms with Crippen molar-refractivity contribution >= 4 is 39.6 Å². The smallest absolute Gasteiger partial charge is 0.172 e. The summed E-state index contributed by atoms with van der Waals surface area (Å²) in [5, 5.41) is 3.03. The van der Waals surface area contributed by atoms with Crippen molar-refractivity contribution in [2.24, 2.45) is 12.0 Å². The van der Waals surface area contributed by atoms with E-state index in [1.54, 1.807) is 23.5 Å². The summed E-state index contributed by atoms with van der Waals surface area (Å²) in [5.41, 5.74) is 0.874. The molecule has 1 aliphatic rings. The van der Waals surface area contributed by atoms with Crippen LogP contribution in [0.2, 0.25) is 0 Å². The van der Waals surface area contributed by atoms with Gasteiger partial charge >= 0.3 is 0 Å². The lowest BCUT2D eigenvalue weighted by molar-refractivity contribution is 0.239. The van der Waals surface area contributed by atoms with Crippen molar-refractivity contribution in [2.75, 3.05) is 20.1 Å². The Morgan fingerprint density at radius 3 is 2.64 bits per heavy atom. The van der Waals surface area contributed by atoms with Crippen LogP contribution in [-0.2, 0) is 7.05 Å². The van der Waals surface area contributed by atoms with Crippen LogP contribution < -0.4 is 4.74 Å². The van der Waals surface area contributed by atoms with Gasteiger partial charge in [0, 0.05) is 49.5 Å². The Kier molecular flexibility index (Phi) is 5.50. The number of amidine groups is 1. The Bertz CT molecular complexity index is 1030. The molecule has 8 heteroatoms. The summed E-state index contributed by atoms with van der Waals surface area (Å²) in [5.74, 6) is 0.810. The van der Waals surface area contributed by atoms with Gasteiger partial charge in [0.05, 0.1) is 17.5 Å². The Hall–Kier alpha value is -2.19. The summed E-state index contributed by atoms with van der Waals surface area (Å²) in [6, 6.07) is 6.25. The summed E-state index contributed by atoms with van der Waals surface area (Å²) >= 11 is 3.28. The van der Waals surface area contributed by atoms with Gasteiger partial charge in [0.2, 0.25) is 0 Å². The van der Waals surface area contributed by atoms with Crippen LogP contribution in [0.3, 0.4) is 0 Å². The molecule has 0 fully saturated rings. The van der Waals surface area contributed by atoms with Gasteiger partial charge in [-0.1, -0.05) is 11.8 Å². The van der Waals surface area contributed by atoms with Crippen molar-refractivity contribution in [1.29, 1.82) is 0 Å². The van der Waals surface area contributed by atoms with Gasteiger partial charge in [-0.3, -0.25) is 9.98 Å². The zero-order chi connectivity index (χ0) is 19.7. The second-order valence-electron chi connectivity index (χ2n) is 6.88. The van der Waals surface area contributed by atoms with Crippen molar-refractivity contribution in [2.45, 2.75) is 34.9 Å². The molecule has 4 rings (SSSR count). The van der Waals surface area contributed by atoms with Crippen LogP contribution in [0.1, 0.15) is 13.8 Å².